The van der Waals surface area contributed by atoms with E-state index in [1.807, 2.05) is 38.1 Å². The summed E-state index contributed by atoms with van der Waals surface area (Å²) in [5.74, 6) is 0. The molecule has 1 rings (SSSR count). The summed E-state index contributed by atoms with van der Waals surface area (Å²) in [6.45, 7) is 3.89. The summed E-state index contributed by atoms with van der Waals surface area (Å²) < 4.78 is 0. The molecular weight excluding hydrogens is 217 g/mol. The Morgan fingerprint density at radius 3 is 2.29 bits per heavy atom. The van der Waals surface area contributed by atoms with Crippen LogP contribution in [0.1, 0.15) is 19.4 Å². The normalized spacial score (nSPS) is 14.2. The van der Waals surface area contributed by atoms with Gasteiger partial charge < -0.3 is 5.73 Å². The molecule has 0 amide bonds. The molecule has 0 saturated carbocycles. The fraction of sp³-hybridized carbons (Fsp3) is 0.273. The van der Waals surface area contributed by atoms with Crippen LogP contribution in [-0.2, 0) is 0 Å². The van der Waals surface area contributed by atoms with Crippen LogP contribution in [0.4, 0.5) is 0 Å². The number of hydrogen-bond donors (Lipinski definition) is 1. The lowest BCUT2D eigenvalue weighted by atomic mass is 10.1. The maximum atomic E-state index is 6.01. The smallest absolute Gasteiger partial charge is 0.0493 e. The van der Waals surface area contributed by atoms with Gasteiger partial charge in [0.1, 0.15) is 0 Å². The van der Waals surface area contributed by atoms with Crippen LogP contribution < -0.4 is 5.73 Å². The van der Waals surface area contributed by atoms with E-state index in [0.29, 0.717) is 10.0 Å². The SMILES string of the molecule is C/C(=C\c1c(Cl)cccc1Cl)C(C)N. The predicted molar refractivity (Wildman–Crippen MR) is 63.8 cm³/mol. The third-order valence-corrected chi connectivity index (χ3v) is 2.75. The van der Waals surface area contributed by atoms with Crippen molar-refractivity contribution < 1.29 is 0 Å². The highest BCUT2D eigenvalue weighted by Gasteiger charge is 2.04. The Kier molecular flexibility index (Phi) is 3.99. The second-order valence-electron chi connectivity index (χ2n) is 3.31. The molecule has 14 heavy (non-hydrogen) atoms. The van der Waals surface area contributed by atoms with Gasteiger partial charge in [-0.1, -0.05) is 40.9 Å². The first-order valence-corrected chi connectivity index (χ1v) is 5.15. The molecule has 0 aliphatic heterocycles. The molecule has 0 aliphatic carbocycles. The van der Waals surface area contributed by atoms with Crippen molar-refractivity contribution in [3.8, 4) is 0 Å². The highest BCUT2D eigenvalue weighted by atomic mass is 35.5. The van der Waals surface area contributed by atoms with E-state index >= 15 is 0 Å². The molecule has 0 fully saturated rings. The maximum absolute atomic E-state index is 6.01. The number of nitrogens with two attached hydrogens (primary N) is 1. The monoisotopic (exact) mass is 229 g/mol. The zero-order valence-corrected chi connectivity index (χ0v) is 9.73. The molecule has 1 nitrogen and oxygen atoms in total. The van der Waals surface area contributed by atoms with Gasteiger partial charge in [-0.25, -0.2) is 0 Å². The van der Waals surface area contributed by atoms with E-state index in [9.17, 15) is 0 Å². The van der Waals surface area contributed by atoms with Crippen LogP contribution in [0, 0.1) is 0 Å². The van der Waals surface area contributed by atoms with Crippen LogP contribution in [0.15, 0.2) is 23.8 Å². The van der Waals surface area contributed by atoms with Crippen LogP contribution in [-0.4, -0.2) is 6.04 Å². The molecule has 0 bridgehead atoms. The Balaban J connectivity index is 3.14. The molecule has 3 heteroatoms. The summed E-state index contributed by atoms with van der Waals surface area (Å²) in [5, 5.41) is 1.30. The van der Waals surface area contributed by atoms with E-state index in [2.05, 4.69) is 0 Å². The fourth-order valence-corrected chi connectivity index (χ4v) is 1.51. The minimum atomic E-state index is 0.0161. The van der Waals surface area contributed by atoms with Gasteiger partial charge in [-0.2, -0.15) is 0 Å². The molecule has 0 radical (unpaired) electrons. The average Bonchev–Trinajstić information content (AvgIpc) is 2.11. The van der Waals surface area contributed by atoms with Crippen molar-refractivity contribution >= 4 is 29.3 Å². The minimum absolute atomic E-state index is 0.0161. The summed E-state index contributed by atoms with van der Waals surface area (Å²) in [6.07, 6.45) is 1.93. The van der Waals surface area contributed by atoms with Crippen molar-refractivity contribution in [1.82, 2.24) is 0 Å². The zero-order valence-electron chi connectivity index (χ0n) is 8.22. The first-order chi connectivity index (χ1) is 6.52. The highest BCUT2D eigenvalue weighted by molar-refractivity contribution is 6.37. The molecule has 0 heterocycles. The van der Waals surface area contributed by atoms with E-state index in [4.69, 9.17) is 28.9 Å². The second-order valence-corrected chi connectivity index (χ2v) is 4.13. The van der Waals surface area contributed by atoms with Gasteiger partial charge in [-0.3, -0.25) is 0 Å². The van der Waals surface area contributed by atoms with E-state index in [-0.39, 0.29) is 6.04 Å². The topological polar surface area (TPSA) is 26.0 Å². The van der Waals surface area contributed by atoms with Gasteiger partial charge in [0.25, 0.3) is 0 Å². The number of rotatable bonds is 2. The summed E-state index contributed by atoms with van der Waals surface area (Å²) >= 11 is 12.0. The molecule has 1 unspecified atom stereocenters. The van der Waals surface area contributed by atoms with E-state index in [1.165, 1.54) is 0 Å². The lowest BCUT2D eigenvalue weighted by Crippen LogP contribution is -2.15. The summed E-state index contributed by atoms with van der Waals surface area (Å²) in [6, 6.07) is 5.47. The lowest BCUT2D eigenvalue weighted by Gasteiger charge is -2.07. The third kappa shape index (κ3) is 2.74. The predicted octanol–water partition coefficient (Wildman–Crippen LogP) is 3.74. The summed E-state index contributed by atoms with van der Waals surface area (Å²) in [7, 11) is 0. The number of benzene rings is 1. The Hall–Kier alpha value is -0.500. The lowest BCUT2D eigenvalue weighted by molar-refractivity contribution is 0.868. The Morgan fingerprint density at radius 2 is 1.86 bits per heavy atom. The van der Waals surface area contributed by atoms with Crippen molar-refractivity contribution in [3.63, 3.8) is 0 Å². The zero-order chi connectivity index (χ0) is 10.7. The number of hydrogen-bond acceptors (Lipinski definition) is 1. The minimum Gasteiger partial charge on any atom is -0.324 e. The van der Waals surface area contributed by atoms with Gasteiger partial charge in [0.15, 0.2) is 0 Å². The van der Waals surface area contributed by atoms with E-state index in [0.717, 1.165) is 11.1 Å². The van der Waals surface area contributed by atoms with Gasteiger partial charge in [0, 0.05) is 21.7 Å². The highest BCUT2D eigenvalue weighted by Crippen LogP contribution is 2.26. The van der Waals surface area contributed by atoms with E-state index in [1.54, 1.807) is 0 Å². The second kappa shape index (κ2) is 4.83. The van der Waals surface area contributed by atoms with Crippen LogP contribution in [0.25, 0.3) is 6.08 Å². The van der Waals surface area contributed by atoms with Gasteiger partial charge in [-0.05, 0) is 26.0 Å². The standard InChI is InChI=1S/C11H13Cl2N/c1-7(8(2)14)6-9-10(12)4-3-5-11(9)13/h3-6,8H,14H2,1-2H3/b7-6+. The van der Waals surface area contributed by atoms with Crippen molar-refractivity contribution in [2.45, 2.75) is 19.9 Å². The average molecular weight is 230 g/mol. The molecule has 0 aromatic heterocycles. The van der Waals surface area contributed by atoms with Crippen molar-refractivity contribution in [2.24, 2.45) is 5.73 Å². The van der Waals surface area contributed by atoms with E-state index < -0.39 is 0 Å². The van der Waals surface area contributed by atoms with Crippen molar-refractivity contribution in [1.29, 1.82) is 0 Å². The van der Waals surface area contributed by atoms with Crippen molar-refractivity contribution in [3.05, 3.63) is 39.4 Å². The summed E-state index contributed by atoms with van der Waals surface area (Å²) in [5.41, 5.74) is 7.62. The van der Waals surface area contributed by atoms with Crippen LogP contribution >= 0.6 is 23.2 Å². The molecule has 0 spiro atoms. The van der Waals surface area contributed by atoms with Crippen LogP contribution in [0.3, 0.4) is 0 Å². The summed E-state index contributed by atoms with van der Waals surface area (Å²) in [4.78, 5) is 0. The Morgan fingerprint density at radius 1 is 1.36 bits per heavy atom. The third-order valence-electron chi connectivity index (χ3n) is 2.09. The molecule has 0 saturated heterocycles. The van der Waals surface area contributed by atoms with Gasteiger partial charge >= 0.3 is 0 Å². The molecule has 76 valence electrons. The Bertz CT molecular complexity index is 336. The maximum Gasteiger partial charge on any atom is 0.0493 e. The van der Waals surface area contributed by atoms with Gasteiger partial charge in [-0.15, -0.1) is 0 Å². The van der Waals surface area contributed by atoms with Gasteiger partial charge in [0.05, 0.1) is 0 Å². The molecular formula is C11H13Cl2N. The first-order valence-electron chi connectivity index (χ1n) is 4.40. The molecule has 0 aliphatic rings. The Labute approximate surface area is 94.5 Å². The van der Waals surface area contributed by atoms with Gasteiger partial charge in [0.2, 0.25) is 0 Å². The van der Waals surface area contributed by atoms with Crippen LogP contribution in [0.5, 0.6) is 0 Å². The number of halogens is 2. The molecule has 1 aromatic carbocycles. The first kappa shape index (κ1) is 11.6. The largest absolute Gasteiger partial charge is 0.324 e. The molecule has 1 atom stereocenters. The quantitative estimate of drug-likeness (QED) is 0.822. The molecule has 2 N–H and O–H groups in total. The molecule has 1 aromatic rings. The fourth-order valence-electron chi connectivity index (χ4n) is 1.01. The van der Waals surface area contributed by atoms with Crippen LogP contribution in [0.2, 0.25) is 10.0 Å². The van der Waals surface area contributed by atoms with Crippen molar-refractivity contribution in [2.75, 3.05) is 0 Å².